The van der Waals surface area contributed by atoms with Crippen molar-refractivity contribution in [1.82, 2.24) is 4.90 Å². The van der Waals surface area contributed by atoms with Crippen LogP contribution in [0.25, 0.3) is 0 Å². The molecule has 0 radical (unpaired) electrons. The van der Waals surface area contributed by atoms with Gasteiger partial charge in [0, 0.05) is 30.9 Å². The summed E-state index contributed by atoms with van der Waals surface area (Å²) in [4.78, 5) is 13.7. The number of halogens is 3. The number of hydrogen-bond acceptors (Lipinski definition) is 3. The number of rotatable bonds is 1. The Bertz CT molecular complexity index is 495. The molecule has 0 saturated carbocycles. The summed E-state index contributed by atoms with van der Waals surface area (Å²) in [6, 6.07) is 3.24. The van der Waals surface area contributed by atoms with Gasteiger partial charge >= 0.3 is 6.18 Å². The van der Waals surface area contributed by atoms with Gasteiger partial charge in [-0.05, 0) is 24.6 Å². The molecular weight excluding hydrogens is 273 g/mol. The zero-order valence-electron chi connectivity index (χ0n) is 10.7. The van der Waals surface area contributed by atoms with Crippen molar-refractivity contribution in [3.8, 4) is 0 Å². The highest BCUT2D eigenvalue weighted by atomic mass is 19.4. The monoisotopic (exact) mass is 288 g/mol. The maximum absolute atomic E-state index is 12.8. The number of ether oxygens (including phenoxy) is 1. The van der Waals surface area contributed by atoms with E-state index >= 15 is 0 Å². The van der Waals surface area contributed by atoms with Gasteiger partial charge in [0.25, 0.3) is 5.91 Å². The summed E-state index contributed by atoms with van der Waals surface area (Å²) >= 11 is 0. The molecule has 1 aliphatic heterocycles. The van der Waals surface area contributed by atoms with E-state index in [2.05, 4.69) is 0 Å². The molecule has 20 heavy (non-hydrogen) atoms. The quantitative estimate of drug-likeness (QED) is 0.806. The van der Waals surface area contributed by atoms with Crippen molar-refractivity contribution in [2.75, 3.05) is 32.0 Å². The highest BCUT2D eigenvalue weighted by Gasteiger charge is 2.34. The van der Waals surface area contributed by atoms with Gasteiger partial charge in [-0.1, -0.05) is 0 Å². The van der Waals surface area contributed by atoms with E-state index in [-0.39, 0.29) is 11.3 Å². The molecule has 4 nitrogen and oxygen atoms in total. The van der Waals surface area contributed by atoms with Gasteiger partial charge in [0.05, 0.1) is 12.2 Å². The van der Waals surface area contributed by atoms with Crippen LogP contribution in [0.15, 0.2) is 18.2 Å². The number of carbonyl (C=O) groups is 1. The lowest BCUT2D eigenvalue weighted by Crippen LogP contribution is -2.33. The van der Waals surface area contributed by atoms with Crippen LogP contribution in [0.3, 0.4) is 0 Å². The van der Waals surface area contributed by atoms with Gasteiger partial charge in [0.1, 0.15) is 0 Å². The Morgan fingerprint density at radius 3 is 2.70 bits per heavy atom. The van der Waals surface area contributed by atoms with Gasteiger partial charge in [0.15, 0.2) is 0 Å². The van der Waals surface area contributed by atoms with E-state index in [0.717, 1.165) is 12.1 Å². The first-order valence-corrected chi connectivity index (χ1v) is 6.23. The third-order valence-electron chi connectivity index (χ3n) is 3.12. The van der Waals surface area contributed by atoms with Crippen molar-refractivity contribution in [2.24, 2.45) is 0 Å². The van der Waals surface area contributed by atoms with Crippen LogP contribution in [0.5, 0.6) is 0 Å². The van der Waals surface area contributed by atoms with E-state index < -0.39 is 17.6 Å². The van der Waals surface area contributed by atoms with Crippen molar-refractivity contribution in [2.45, 2.75) is 12.6 Å². The summed E-state index contributed by atoms with van der Waals surface area (Å²) in [5.74, 6) is -0.430. The zero-order valence-corrected chi connectivity index (χ0v) is 10.7. The summed E-state index contributed by atoms with van der Waals surface area (Å²) in [5.41, 5.74) is 3.95. The molecule has 1 saturated heterocycles. The first-order valence-electron chi connectivity index (χ1n) is 6.23. The Labute approximate surface area is 114 Å². The number of carbonyl (C=O) groups excluding carboxylic acids is 1. The first-order chi connectivity index (χ1) is 9.39. The Morgan fingerprint density at radius 1 is 1.25 bits per heavy atom. The number of nitrogens with zero attached hydrogens (tertiary/aromatic N) is 1. The fourth-order valence-corrected chi connectivity index (χ4v) is 2.07. The number of amides is 1. The lowest BCUT2D eigenvalue weighted by atomic mass is 10.1. The maximum Gasteiger partial charge on any atom is 0.418 e. The number of hydrogen-bond donors (Lipinski definition) is 1. The minimum absolute atomic E-state index is 0.00609. The Balaban J connectivity index is 2.26. The van der Waals surface area contributed by atoms with Gasteiger partial charge in [-0.25, -0.2) is 0 Å². The van der Waals surface area contributed by atoms with Gasteiger partial charge < -0.3 is 15.4 Å². The lowest BCUT2D eigenvalue weighted by Gasteiger charge is -2.20. The first kappa shape index (κ1) is 14.6. The van der Waals surface area contributed by atoms with E-state index in [9.17, 15) is 18.0 Å². The van der Waals surface area contributed by atoms with Crippen molar-refractivity contribution < 1.29 is 22.7 Å². The van der Waals surface area contributed by atoms with Crippen LogP contribution in [0.1, 0.15) is 22.3 Å². The Hall–Kier alpha value is -1.76. The van der Waals surface area contributed by atoms with Crippen LogP contribution in [0, 0.1) is 0 Å². The fraction of sp³-hybridized carbons (Fsp3) is 0.462. The second-order valence-electron chi connectivity index (χ2n) is 4.56. The van der Waals surface area contributed by atoms with Crippen molar-refractivity contribution >= 4 is 11.6 Å². The van der Waals surface area contributed by atoms with Gasteiger partial charge in [0.2, 0.25) is 0 Å². The molecular formula is C13H15F3N2O2. The smallest absolute Gasteiger partial charge is 0.398 e. The topological polar surface area (TPSA) is 55.6 Å². The highest BCUT2D eigenvalue weighted by Crippen LogP contribution is 2.34. The zero-order chi connectivity index (χ0) is 14.8. The molecule has 0 bridgehead atoms. The number of benzene rings is 1. The number of nitrogen functional groups attached to an aromatic ring is 1. The van der Waals surface area contributed by atoms with Crippen LogP contribution in [-0.4, -0.2) is 37.1 Å². The largest absolute Gasteiger partial charge is 0.418 e. The summed E-state index contributed by atoms with van der Waals surface area (Å²) in [6.07, 6.45) is -3.89. The normalized spacial score (nSPS) is 16.9. The second kappa shape index (κ2) is 5.70. The molecule has 0 spiro atoms. The molecule has 0 aromatic heterocycles. The van der Waals surface area contributed by atoms with E-state index in [1.807, 2.05) is 0 Å². The van der Waals surface area contributed by atoms with Crippen LogP contribution in [-0.2, 0) is 10.9 Å². The Morgan fingerprint density at radius 2 is 2.00 bits per heavy atom. The average molecular weight is 288 g/mol. The van der Waals surface area contributed by atoms with Crippen LogP contribution in [0.2, 0.25) is 0 Å². The third-order valence-corrected chi connectivity index (χ3v) is 3.12. The predicted molar refractivity (Wildman–Crippen MR) is 67.2 cm³/mol. The van der Waals surface area contributed by atoms with E-state index in [4.69, 9.17) is 10.5 Å². The van der Waals surface area contributed by atoms with E-state index in [0.29, 0.717) is 32.7 Å². The van der Waals surface area contributed by atoms with Crippen LogP contribution >= 0.6 is 0 Å². The summed E-state index contributed by atoms with van der Waals surface area (Å²) < 4.78 is 43.5. The SMILES string of the molecule is Nc1ccc(C(=O)N2CCCOCC2)cc1C(F)(F)F. The highest BCUT2D eigenvalue weighted by molar-refractivity contribution is 5.95. The molecule has 1 amide bonds. The standard InChI is InChI=1S/C13H15F3N2O2/c14-13(15,16)10-8-9(2-3-11(10)17)12(19)18-4-1-6-20-7-5-18/h2-3,8H,1,4-7,17H2. The average Bonchev–Trinajstić information content (AvgIpc) is 2.66. The minimum Gasteiger partial charge on any atom is -0.398 e. The molecule has 1 aromatic carbocycles. The van der Waals surface area contributed by atoms with Gasteiger partial charge in [-0.2, -0.15) is 13.2 Å². The minimum atomic E-state index is -4.57. The molecule has 2 N–H and O–H groups in total. The second-order valence-corrected chi connectivity index (χ2v) is 4.56. The van der Waals surface area contributed by atoms with Crippen molar-refractivity contribution in [3.63, 3.8) is 0 Å². The number of nitrogens with two attached hydrogens (primary N) is 1. The van der Waals surface area contributed by atoms with Crippen LogP contribution < -0.4 is 5.73 Å². The molecule has 1 aromatic rings. The fourth-order valence-electron chi connectivity index (χ4n) is 2.07. The van der Waals surface area contributed by atoms with Gasteiger partial charge in [-0.3, -0.25) is 4.79 Å². The van der Waals surface area contributed by atoms with Gasteiger partial charge in [-0.15, -0.1) is 0 Å². The summed E-state index contributed by atoms with van der Waals surface area (Å²) in [7, 11) is 0. The molecule has 7 heteroatoms. The van der Waals surface area contributed by atoms with Crippen LogP contribution in [0.4, 0.5) is 18.9 Å². The molecule has 110 valence electrons. The third kappa shape index (κ3) is 3.22. The molecule has 1 heterocycles. The molecule has 0 unspecified atom stereocenters. The number of alkyl halides is 3. The lowest BCUT2D eigenvalue weighted by molar-refractivity contribution is -0.136. The van der Waals surface area contributed by atoms with E-state index in [1.165, 1.54) is 11.0 Å². The summed E-state index contributed by atoms with van der Waals surface area (Å²) in [5, 5.41) is 0. The molecule has 2 rings (SSSR count). The predicted octanol–water partition coefficient (Wildman–Crippen LogP) is 2.15. The molecule has 0 atom stereocenters. The van der Waals surface area contributed by atoms with E-state index in [1.54, 1.807) is 0 Å². The maximum atomic E-state index is 12.8. The summed E-state index contributed by atoms with van der Waals surface area (Å²) in [6.45, 7) is 1.81. The van der Waals surface area contributed by atoms with Crippen molar-refractivity contribution in [1.29, 1.82) is 0 Å². The molecule has 1 aliphatic rings. The molecule has 1 fully saturated rings. The Kier molecular flexibility index (Phi) is 4.17. The van der Waals surface area contributed by atoms with Crippen molar-refractivity contribution in [3.05, 3.63) is 29.3 Å². The molecule has 0 aliphatic carbocycles. The number of anilines is 1.